The Morgan fingerprint density at radius 3 is 2.54 bits per heavy atom. The van der Waals surface area contributed by atoms with Gasteiger partial charge in [-0.3, -0.25) is 4.79 Å². The number of hydrogen-bond donors (Lipinski definition) is 2. The van der Waals surface area contributed by atoms with Crippen molar-refractivity contribution in [2.45, 2.75) is 27.2 Å². The van der Waals surface area contributed by atoms with Crippen LogP contribution in [-0.2, 0) is 11.2 Å². The average Bonchev–Trinajstić information content (AvgIpc) is 2.62. The number of hydrogen-bond acceptors (Lipinski definition) is 3. The minimum Gasteiger partial charge on any atom is -0.372 e. The maximum absolute atomic E-state index is 12.2. The molecule has 0 heterocycles. The van der Waals surface area contributed by atoms with Crippen LogP contribution in [0, 0.1) is 6.92 Å². The van der Waals surface area contributed by atoms with Gasteiger partial charge in [0.25, 0.3) is 0 Å². The van der Waals surface area contributed by atoms with Gasteiger partial charge in [0.05, 0.1) is 6.54 Å². The number of carbonyl (C=O) groups excluding carboxylic acids is 1. The summed E-state index contributed by atoms with van der Waals surface area (Å²) in [6, 6.07) is 13.9. The monoisotopic (exact) mass is 373 g/mol. The van der Waals surface area contributed by atoms with Crippen molar-refractivity contribution in [2.24, 2.45) is 0 Å². The Labute approximate surface area is 161 Å². The van der Waals surface area contributed by atoms with E-state index in [4.69, 9.17) is 11.6 Å². The number of rotatable bonds is 9. The van der Waals surface area contributed by atoms with Crippen LogP contribution in [0.4, 0.5) is 11.4 Å². The number of nitrogens with one attached hydrogen (secondary N) is 2. The topological polar surface area (TPSA) is 44.4 Å². The summed E-state index contributed by atoms with van der Waals surface area (Å²) in [4.78, 5) is 14.4. The van der Waals surface area contributed by atoms with E-state index in [-0.39, 0.29) is 12.5 Å². The molecule has 2 rings (SSSR count). The molecule has 0 saturated heterocycles. The summed E-state index contributed by atoms with van der Waals surface area (Å²) < 4.78 is 0. The molecule has 4 nitrogen and oxygen atoms in total. The van der Waals surface area contributed by atoms with Crippen molar-refractivity contribution in [3.05, 3.63) is 58.6 Å². The first kappa shape index (κ1) is 20.3. The first-order valence-corrected chi connectivity index (χ1v) is 9.51. The standard InChI is InChI=1S/C21H28ClN3O/c1-4-25(5-2)19-9-10-20(16(3)13-19)24-21(26)15-23-12-11-17-7-6-8-18(22)14-17/h6-10,13-14,23H,4-5,11-12,15H2,1-3H3,(H,24,26). The molecule has 5 heteroatoms. The van der Waals surface area contributed by atoms with Crippen LogP contribution in [0.1, 0.15) is 25.0 Å². The Kier molecular flexibility index (Phi) is 7.95. The fourth-order valence-corrected chi connectivity index (χ4v) is 3.11. The molecule has 0 atom stereocenters. The van der Waals surface area contributed by atoms with E-state index in [1.54, 1.807) is 0 Å². The maximum atomic E-state index is 12.2. The summed E-state index contributed by atoms with van der Waals surface area (Å²) in [6.45, 7) is 9.27. The van der Waals surface area contributed by atoms with Crippen molar-refractivity contribution < 1.29 is 4.79 Å². The Morgan fingerprint density at radius 2 is 1.88 bits per heavy atom. The number of amides is 1. The van der Waals surface area contributed by atoms with Crippen molar-refractivity contribution in [3.8, 4) is 0 Å². The molecule has 0 aliphatic carbocycles. The van der Waals surface area contributed by atoms with Gasteiger partial charge in [0.1, 0.15) is 0 Å². The highest BCUT2D eigenvalue weighted by Gasteiger charge is 2.08. The lowest BCUT2D eigenvalue weighted by Crippen LogP contribution is -2.29. The van der Waals surface area contributed by atoms with E-state index >= 15 is 0 Å². The lowest BCUT2D eigenvalue weighted by molar-refractivity contribution is -0.115. The lowest BCUT2D eigenvalue weighted by Gasteiger charge is -2.22. The molecule has 2 aromatic rings. The second-order valence-electron chi connectivity index (χ2n) is 6.28. The van der Waals surface area contributed by atoms with Crippen molar-refractivity contribution in [3.63, 3.8) is 0 Å². The van der Waals surface area contributed by atoms with Gasteiger partial charge in [-0.25, -0.2) is 0 Å². The third kappa shape index (κ3) is 6.04. The van der Waals surface area contributed by atoms with E-state index in [1.807, 2.05) is 37.3 Å². The van der Waals surface area contributed by atoms with Crippen molar-refractivity contribution >= 4 is 28.9 Å². The summed E-state index contributed by atoms with van der Waals surface area (Å²) in [5.41, 5.74) is 4.28. The van der Waals surface area contributed by atoms with Gasteiger partial charge in [-0.2, -0.15) is 0 Å². The molecule has 140 valence electrons. The first-order chi connectivity index (χ1) is 12.5. The van der Waals surface area contributed by atoms with Crippen LogP contribution < -0.4 is 15.5 Å². The highest BCUT2D eigenvalue weighted by molar-refractivity contribution is 6.30. The second kappa shape index (κ2) is 10.2. The minimum absolute atomic E-state index is 0.0326. The Hall–Kier alpha value is -2.04. The summed E-state index contributed by atoms with van der Waals surface area (Å²) in [7, 11) is 0. The van der Waals surface area contributed by atoms with Gasteiger partial charge in [0.15, 0.2) is 0 Å². The predicted molar refractivity (Wildman–Crippen MR) is 111 cm³/mol. The molecule has 0 spiro atoms. The minimum atomic E-state index is -0.0326. The molecular weight excluding hydrogens is 346 g/mol. The van der Waals surface area contributed by atoms with Gasteiger partial charge in [0, 0.05) is 29.5 Å². The summed E-state index contributed by atoms with van der Waals surface area (Å²) in [5, 5.41) is 6.90. The molecule has 0 unspecified atom stereocenters. The van der Waals surface area contributed by atoms with Gasteiger partial charge in [0.2, 0.25) is 5.91 Å². The summed E-state index contributed by atoms with van der Waals surface area (Å²) >= 11 is 5.97. The third-order valence-corrected chi connectivity index (χ3v) is 4.61. The van der Waals surface area contributed by atoms with Crippen LogP contribution in [0.15, 0.2) is 42.5 Å². The molecule has 0 aliphatic heterocycles. The Morgan fingerprint density at radius 1 is 1.12 bits per heavy atom. The molecule has 2 N–H and O–H groups in total. The highest BCUT2D eigenvalue weighted by Crippen LogP contribution is 2.22. The molecule has 2 aromatic carbocycles. The Bertz CT molecular complexity index is 729. The summed E-state index contributed by atoms with van der Waals surface area (Å²) in [5.74, 6) is -0.0326. The van der Waals surface area contributed by atoms with E-state index in [0.717, 1.165) is 47.9 Å². The van der Waals surface area contributed by atoms with E-state index in [0.29, 0.717) is 0 Å². The third-order valence-electron chi connectivity index (χ3n) is 4.38. The number of nitrogens with zero attached hydrogens (tertiary/aromatic N) is 1. The van der Waals surface area contributed by atoms with Crippen molar-refractivity contribution in [1.82, 2.24) is 5.32 Å². The molecule has 1 amide bonds. The number of benzene rings is 2. The SMILES string of the molecule is CCN(CC)c1ccc(NC(=O)CNCCc2cccc(Cl)c2)c(C)c1. The zero-order chi connectivity index (χ0) is 18.9. The number of anilines is 2. The largest absolute Gasteiger partial charge is 0.372 e. The smallest absolute Gasteiger partial charge is 0.238 e. The van der Waals surface area contributed by atoms with Crippen LogP contribution >= 0.6 is 11.6 Å². The van der Waals surface area contributed by atoms with E-state index in [2.05, 4.69) is 41.5 Å². The number of carbonyl (C=O) groups is 1. The van der Waals surface area contributed by atoms with Crippen LogP contribution in [0.25, 0.3) is 0 Å². The lowest BCUT2D eigenvalue weighted by atomic mass is 10.1. The predicted octanol–water partition coefficient (Wildman–Crippen LogP) is 4.27. The van der Waals surface area contributed by atoms with Crippen molar-refractivity contribution in [1.29, 1.82) is 0 Å². The molecule has 26 heavy (non-hydrogen) atoms. The Balaban J connectivity index is 1.80. The molecular formula is C21H28ClN3O. The van der Waals surface area contributed by atoms with Gasteiger partial charge in [-0.15, -0.1) is 0 Å². The maximum Gasteiger partial charge on any atom is 0.238 e. The molecule has 0 bridgehead atoms. The average molecular weight is 374 g/mol. The second-order valence-corrected chi connectivity index (χ2v) is 6.71. The summed E-state index contributed by atoms with van der Waals surface area (Å²) in [6.07, 6.45) is 0.839. The molecule has 0 aliphatic rings. The van der Waals surface area contributed by atoms with Gasteiger partial charge < -0.3 is 15.5 Å². The first-order valence-electron chi connectivity index (χ1n) is 9.14. The number of aryl methyl sites for hydroxylation is 1. The normalized spacial score (nSPS) is 10.6. The fourth-order valence-electron chi connectivity index (χ4n) is 2.90. The quantitative estimate of drug-likeness (QED) is 0.645. The van der Waals surface area contributed by atoms with Crippen LogP contribution in [-0.4, -0.2) is 32.1 Å². The van der Waals surface area contributed by atoms with Crippen LogP contribution in [0.5, 0.6) is 0 Å². The fraction of sp³-hybridized carbons (Fsp3) is 0.381. The van der Waals surface area contributed by atoms with Crippen LogP contribution in [0.2, 0.25) is 5.02 Å². The van der Waals surface area contributed by atoms with E-state index in [1.165, 1.54) is 5.69 Å². The molecule has 0 saturated carbocycles. The van der Waals surface area contributed by atoms with Crippen molar-refractivity contribution in [2.75, 3.05) is 36.4 Å². The van der Waals surface area contributed by atoms with E-state index < -0.39 is 0 Å². The zero-order valence-electron chi connectivity index (χ0n) is 15.8. The van der Waals surface area contributed by atoms with Gasteiger partial charge in [-0.1, -0.05) is 23.7 Å². The molecule has 0 aromatic heterocycles. The van der Waals surface area contributed by atoms with Gasteiger partial charge >= 0.3 is 0 Å². The number of halogens is 1. The molecule has 0 radical (unpaired) electrons. The highest BCUT2D eigenvalue weighted by atomic mass is 35.5. The van der Waals surface area contributed by atoms with E-state index in [9.17, 15) is 4.79 Å². The van der Waals surface area contributed by atoms with Gasteiger partial charge in [-0.05, 0) is 75.2 Å². The molecule has 0 fully saturated rings. The zero-order valence-corrected chi connectivity index (χ0v) is 16.6. The van der Waals surface area contributed by atoms with Crippen LogP contribution in [0.3, 0.4) is 0 Å².